The quantitative estimate of drug-likeness (QED) is 0.441. The summed E-state index contributed by atoms with van der Waals surface area (Å²) in [5.74, 6) is 0.299. The Labute approximate surface area is 174 Å². The van der Waals surface area contributed by atoms with Crippen molar-refractivity contribution in [2.24, 2.45) is 0 Å². The molecule has 4 aromatic rings. The first kappa shape index (κ1) is 19.5. The summed E-state index contributed by atoms with van der Waals surface area (Å²) < 4.78 is 10.9. The van der Waals surface area contributed by atoms with Crippen LogP contribution in [-0.2, 0) is 11.3 Å². The predicted molar refractivity (Wildman–Crippen MR) is 117 cm³/mol. The van der Waals surface area contributed by atoms with E-state index in [1.54, 1.807) is 29.2 Å². The Morgan fingerprint density at radius 3 is 2.53 bits per heavy atom. The van der Waals surface area contributed by atoms with Gasteiger partial charge >= 0.3 is 5.63 Å². The fourth-order valence-electron chi connectivity index (χ4n) is 3.24. The van der Waals surface area contributed by atoms with Gasteiger partial charge in [0.2, 0.25) is 0 Å². The van der Waals surface area contributed by atoms with E-state index in [1.807, 2.05) is 61.5 Å². The lowest BCUT2D eigenvalue weighted by Crippen LogP contribution is -2.34. The average Bonchev–Trinajstić information content (AvgIpc) is 2.76. The lowest BCUT2D eigenvalue weighted by Gasteiger charge is -2.23. The monoisotopic (exact) mass is 399 g/mol. The number of ether oxygens (including phenoxy) is 1. The maximum Gasteiger partial charge on any atom is 0.336 e. The van der Waals surface area contributed by atoms with E-state index in [-0.39, 0.29) is 12.5 Å². The van der Waals surface area contributed by atoms with E-state index in [0.717, 1.165) is 22.2 Å². The normalized spacial score (nSPS) is 10.7. The Morgan fingerprint density at radius 1 is 0.933 bits per heavy atom. The zero-order chi connectivity index (χ0) is 20.9. The minimum atomic E-state index is -0.427. The largest absolute Gasteiger partial charge is 0.484 e. The van der Waals surface area contributed by atoms with E-state index in [0.29, 0.717) is 17.9 Å². The number of fused-ring (bicyclic) bond motifs is 1. The average molecular weight is 399 g/mol. The fourth-order valence-corrected chi connectivity index (χ4v) is 3.24. The number of hydrogen-bond acceptors (Lipinski definition) is 4. The highest BCUT2D eigenvalue weighted by Crippen LogP contribution is 2.22. The van der Waals surface area contributed by atoms with Gasteiger partial charge in [-0.1, -0.05) is 42.5 Å². The van der Waals surface area contributed by atoms with E-state index >= 15 is 0 Å². The van der Waals surface area contributed by atoms with Crippen LogP contribution in [0, 0.1) is 6.92 Å². The second-order valence-electron chi connectivity index (χ2n) is 7.05. The van der Waals surface area contributed by atoms with Crippen LogP contribution < -0.4 is 15.3 Å². The van der Waals surface area contributed by atoms with Crippen molar-refractivity contribution in [3.63, 3.8) is 0 Å². The van der Waals surface area contributed by atoms with Gasteiger partial charge in [0.25, 0.3) is 5.91 Å². The third-order valence-corrected chi connectivity index (χ3v) is 4.75. The highest BCUT2D eigenvalue weighted by molar-refractivity contribution is 5.94. The van der Waals surface area contributed by atoms with E-state index < -0.39 is 5.63 Å². The number of benzene rings is 3. The van der Waals surface area contributed by atoms with Crippen molar-refractivity contribution in [2.75, 3.05) is 11.5 Å². The molecule has 5 heteroatoms. The SMILES string of the molecule is Cc1cccc(N(Cc2ccccc2)C(=O)COc2ccc3ccc(=O)oc3c2)c1. The van der Waals surface area contributed by atoms with Crippen molar-refractivity contribution < 1.29 is 13.9 Å². The van der Waals surface area contributed by atoms with Crippen LogP contribution in [0.25, 0.3) is 11.0 Å². The van der Waals surface area contributed by atoms with E-state index in [9.17, 15) is 9.59 Å². The van der Waals surface area contributed by atoms with Gasteiger partial charge in [-0.05, 0) is 48.4 Å². The van der Waals surface area contributed by atoms with Crippen LogP contribution in [-0.4, -0.2) is 12.5 Å². The Bertz CT molecular complexity index is 1230. The number of carbonyl (C=O) groups is 1. The van der Waals surface area contributed by atoms with E-state index in [1.165, 1.54) is 6.07 Å². The van der Waals surface area contributed by atoms with Gasteiger partial charge in [0, 0.05) is 23.2 Å². The molecule has 0 aliphatic carbocycles. The van der Waals surface area contributed by atoms with Crippen LogP contribution in [0.3, 0.4) is 0 Å². The number of carbonyl (C=O) groups excluding carboxylic acids is 1. The number of anilines is 1. The minimum Gasteiger partial charge on any atom is -0.484 e. The van der Waals surface area contributed by atoms with Crippen molar-refractivity contribution in [2.45, 2.75) is 13.5 Å². The molecule has 0 N–H and O–H groups in total. The maximum atomic E-state index is 13.1. The fraction of sp³-hybridized carbons (Fsp3) is 0.120. The van der Waals surface area contributed by atoms with Gasteiger partial charge in [-0.25, -0.2) is 4.79 Å². The molecule has 0 saturated carbocycles. The molecule has 0 radical (unpaired) electrons. The summed E-state index contributed by atoms with van der Waals surface area (Å²) in [6.45, 7) is 2.30. The molecule has 0 aliphatic heterocycles. The van der Waals surface area contributed by atoms with Gasteiger partial charge in [0.15, 0.2) is 6.61 Å². The zero-order valence-electron chi connectivity index (χ0n) is 16.6. The van der Waals surface area contributed by atoms with Crippen LogP contribution in [0.5, 0.6) is 5.75 Å². The van der Waals surface area contributed by atoms with Gasteiger partial charge in [-0.3, -0.25) is 4.79 Å². The van der Waals surface area contributed by atoms with E-state index in [4.69, 9.17) is 9.15 Å². The summed E-state index contributed by atoms with van der Waals surface area (Å²) in [4.78, 5) is 26.2. The second kappa shape index (κ2) is 8.66. The number of amides is 1. The number of hydrogen-bond donors (Lipinski definition) is 0. The molecule has 0 aliphatic rings. The first-order valence-electron chi connectivity index (χ1n) is 9.66. The van der Waals surface area contributed by atoms with Crippen molar-refractivity contribution in [3.8, 4) is 5.75 Å². The molecule has 0 unspecified atom stereocenters. The summed E-state index contributed by atoms with van der Waals surface area (Å²) in [6, 6.07) is 25.9. The lowest BCUT2D eigenvalue weighted by molar-refractivity contribution is -0.120. The third kappa shape index (κ3) is 4.58. The topological polar surface area (TPSA) is 59.8 Å². The van der Waals surface area contributed by atoms with Crippen molar-refractivity contribution in [1.82, 2.24) is 0 Å². The highest BCUT2D eigenvalue weighted by atomic mass is 16.5. The molecular weight excluding hydrogens is 378 g/mol. The molecule has 150 valence electrons. The van der Waals surface area contributed by atoms with Gasteiger partial charge in [-0.2, -0.15) is 0 Å². The van der Waals surface area contributed by atoms with Crippen LogP contribution in [0.1, 0.15) is 11.1 Å². The predicted octanol–water partition coefficient (Wildman–Crippen LogP) is 4.71. The van der Waals surface area contributed by atoms with Crippen LogP contribution in [0.15, 0.2) is 94.1 Å². The number of aryl methyl sites for hydroxylation is 1. The minimum absolute atomic E-state index is 0.136. The number of nitrogens with zero attached hydrogens (tertiary/aromatic N) is 1. The molecule has 0 saturated heterocycles. The number of rotatable bonds is 6. The van der Waals surface area contributed by atoms with Gasteiger partial charge < -0.3 is 14.1 Å². The summed E-state index contributed by atoms with van der Waals surface area (Å²) in [5, 5.41) is 0.791. The lowest BCUT2D eigenvalue weighted by atomic mass is 10.1. The molecule has 5 nitrogen and oxygen atoms in total. The molecule has 0 atom stereocenters. The zero-order valence-corrected chi connectivity index (χ0v) is 16.6. The molecule has 1 aromatic heterocycles. The van der Waals surface area contributed by atoms with E-state index in [2.05, 4.69) is 0 Å². The molecule has 3 aromatic carbocycles. The molecule has 0 spiro atoms. The second-order valence-corrected chi connectivity index (χ2v) is 7.05. The molecule has 1 heterocycles. The third-order valence-electron chi connectivity index (χ3n) is 4.75. The van der Waals surface area contributed by atoms with Crippen molar-refractivity contribution in [1.29, 1.82) is 0 Å². The summed E-state index contributed by atoms with van der Waals surface area (Å²) in [6.07, 6.45) is 0. The van der Waals surface area contributed by atoms with Crippen LogP contribution >= 0.6 is 0 Å². The maximum absolute atomic E-state index is 13.1. The summed E-state index contributed by atoms with van der Waals surface area (Å²) in [7, 11) is 0. The smallest absolute Gasteiger partial charge is 0.336 e. The first-order valence-corrected chi connectivity index (χ1v) is 9.66. The van der Waals surface area contributed by atoms with Gasteiger partial charge in [0.05, 0.1) is 6.54 Å². The molecule has 0 fully saturated rings. The highest BCUT2D eigenvalue weighted by Gasteiger charge is 2.17. The molecule has 30 heavy (non-hydrogen) atoms. The van der Waals surface area contributed by atoms with Crippen molar-refractivity contribution >= 4 is 22.6 Å². The summed E-state index contributed by atoms with van der Waals surface area (Å²) >= 11 is 0. The van der Waals surface area contributed by atoms with Gasteiger partial charge in [-0.15, -0.1) is 0 Å². The molecular formula is C25H21NO4. The first-order chi connectivity index (χ1) is 14.6. The Morgan fingerprint density at radius 2 is 1.73 bits per heavy atom. The van der Waals surface area contributed by atoms with Crippen LogP contribution in [0.4, 0.5) is 5.69 Å². The van der Waals surface area contributed by atoms with Gasteiger partial charge in [0.1, 0.15) is 11.3 Å². The molecule has 0 bridgehead atoms. The standard InChI is InChI=1S/C25H21NO4/c1-18-6-5-9-21(14-18)26(16-19-7-3-2-4-8-19)24(27)17-29-22-12-10-20-11-13-25(28)30-23(20)15-22/h2-15H,16-17H2,1H3. The molecule has 4 rings (SSSR count). The summed E-state index contributed by atoms with van der Waals surface area (Å²) in [5.41, 5.74) is 2.91. The Hall–Kier alpha value is -3.86. The van der Waals surface area contributed by atoms with Crippen LogP contribution in [0.2, 0.25) is 0 Å². The Kier molecular flexibility index (Phi) is 5.61. The van der Waals surface area contributed by atoms with Crippen molar-refractivity contribution in [3.05, 3.63) is 106 Å². The molecule has 1 amide bonds. The Balaban J connectivity index is 1.54.